The zero-order valence-electron chi connectivity index (χ0n) is 14.5. The summed E-state index contributed by atoms with van der Waals surface area (Å²) in [5.41, 5.74) is 1.04. The fourth-order valence-corrected chi connectivity index (χ4v) is 3.24. The van der Waals surface area contributed by atoms with Gasteiger partial charge in [0.15, 0.2) is 0 Å². The van der Waals surface area contributed by atoms with Crippen molar-refractivity contribution < 1.29 is 9.18 Å². The molecule has 0 bridgehead atoms. The van der Waals surface area contributed by atoms with E-state index in [1.807, 2.05) is 6.92 Å². The van der Waals surface area contributed by atoms with Crippen LogP contribution in [0.25, 0.3) is 11.5 Å². The Bertz CT molecular complexity index is 1040. The summed E-state index contributed by atoms with van der Waals surface area (Å²) < 4.78 is 16.8. The second kappa shape index (κ2) is 6.08. The molecule has 0 saturated carbocycles. The Balaban J connectivity index is 1.67. The van der Waals surface area contributed by atoms with Crippen molar-refractivity contribution in [2.75, 3.05) is 13.1 Å². The third-order valence-corrected chi connectivity index (χ3v) is 4.98. The highest BCUT2D eigenvalue weighted by molar-refractivity contribution is 5.95. The summed E-state index contributed by atoms with van der Waals surface area (Å²) in [5.74, 6) is -0.0796. The normalized spacial score (nSPS) is 20.7. The second-order valence-electron chi connectivity index (χ2n) is 6.70. The molecule has 2 atom stereocenters. The van der Waals surface area contributed by atoms with Crippen molar-refractivity contribution in [2.45, 2.75) is 26.4 Å². The molecule has 1 saturated heterocycles. The average Bonchev–Trinajstić information content (AvgIpc) is 3.23. The maximum Gasteiger partial charge on any atom is 0.276 e. The van der Waals surface area contributed by atoms with Crippen LogP contribution < -0.4 is 5.56 Å². The van der Waals surface area contributed by atoms with E-state index >= 15 is 0 Å². The first kappa shape index (κ1) is 16.5. The molecule has 1 amide bonds. The molecule has 0 aromatic carbocycles. The van der Waals surface area contributed by atoms with Gasteiger partial charge in [0, 0.05) is 12.7 Å². The van der Waals surface area contributed by atoms with Crippen LogP contribution in [-0.4, -0.2) is 54.4 Å². The van der Waals surface area contributed by atoms with E-state index in [-0.39, 0.29) is 29.9 Å². The standard InChI is InChI=1S/C17H19FN6O2/c1-10-5-7-22(9-13(10)18)16(26)12-8-19-24(11(12)2)17-20-15(25)14-4-3-6-23(14)21-17/h3-4,6,8,10,13H,5,7,9H2,1-2H3,(H,20,21,25). The van der Waals surface area contributed by atoms with Gasteiger partial charge in [-0.15, -0.1) is 5.10 Å². The van der Waals surface area contributed by atoms with Gasteiger partial charge in [0.1, 0.15) is 11.7 Å². The molecule has 3 aromatic rings. The number of hydrogen-bond donors (Lipinski definition) is 1. The number of likely N-dealkylation sites (tertiary alicyclic amines) is 1. The molecule has 4 rings (SSSR count). The molecule has 1 fully saturated rings. The number of nitrogens with zero attached hydrogens (tertiary/aromatic N) is 5. The number of aromatic nitrogens is 5. The molecule has 2 unspecified atom stereocenters. The van der Waals surface area contributed by atoms with E-state index < -0.39 is 6.17 Å². The SMILES string of the molecule is Cc1c(C(=O)N2CCC(C)C(F)C2)cnn1-c1nn2cccc2c(=O)[nH]1. The number of alkyl halides is 1. The first-order chi connectivity index (χ1) is 12.5. The third-order valence-electron chi connectivity index (χ3n) is 4.98. The largest absolute Gasteiger partial charge is 0.336 e. The number of nitrogens with one attached hydrogen (secondary N) is 1. The Kier molecular flexibility index (Phi) is 3.86. The molecule has 1 N–H and O–H groups in total. The summed E-state index contributed by atoms with van der Waals surface area (Å²) in [6, 6.07) is 3.38. The van der Waals surface area contributed by atoms with Crippen molar-refractivity contribution in [3.05, 3.63) is 46.1 Å². The van der Waals surface area contributed by atoms with Gasteiger partial charge in [0.05, 0.1) is 24.0 Å². The molecular formula is C17H19FN6O2. The third kappa shape index (κ3) is 2.59. The quantitative estimate of drug-likeness (QED) is 0.749. The van der Waals surface area contributed by atoms with Gasteiger partial charge in [-0.1, -0.05) is 6.92 Å². The van der Waals surface area contributed by atoms with Crippen LogP contribution in [0.15, 0.2) is 29.3 Å². The molecule has 4 heterocycles. The Morgan fingerprint density at radius 1 is 1.42 bits per heavy atom. The minimum Gasteiger partial charge on any atom is -0.336 e. The van der Waals surface area contributed by atoms with Crippen LogP contribution in [0.1, 0.15) is 29.4 Å². The molecule has 0 aliphatic carbocycles. The lowest BCUT2D eigenvalue weighted by atomic mass is 9.97. The Morgan fingerprint density at radius 3 is 3.00 bits per heavy atom. The lowest BCUT2D eigenvalue weighted by Gasteiger charge is -2.32. The predicted octanol–water partition coefficient (Wildman–Crippen LogP) is 1.34. The molecule has 0 radical (unpaired) electrons. The summed E-state index contributed by atoms with van der Waals surface area (Å²) in [7, 11) is 0. The average molecular weight is 358 g/mol. The zero-order chi connectivity index (χ0) is 18.4. The van der Waals surface area contributed by atoms with E-state index in [0.29, 0.717) is 29.7 Å². The Hall–Kier alpha value is -2.97. The number of aromatic amines is 1. The minimum atomic E-state index is -1.02. The summed E-state index contributed by atoms with van der Waals surface area (Å²) in [5, 5.41) is 8.51. The molecular weight excluding hydrogens is 339 g/mol. The van der Waals surface area contributed by atoms with Crippen LogP contribution in [0, 0.1) is 12.8 Å². The summed E-state index contributed by atoms with van der Waals surface area (Å²) >= 11 is 0. The van der Waals surface area contributed by atoms with Gasteiger partial charge in [0.25, 0.3) is 11.5 Å². The lowest BCUT2D eigenvalue weighted by molar-refractivity contribution is 0.0540. The molecule has 1 aliphatic rings. The number of rotatable bonds is 2. The number of carbonyl (C=O) groups excluding carboxylic acids is 1. The van der Waals surface area contributed by atoms with Crippen LogP contribution in [0.2, 0.25) is 0 Å². The highest BCUT2D eigenvalue weighted by Gasteiger charge is 2.30. The predicted molar refractivity (Wildman–Crippen MR) is 92.3 cm³/mol. The number of carbonyl (C=O) groups is 1. The van der Waals surface area contributed by atoms with Gasteiger partial charge in [-0.2, -0.15) is 5.10 Å². The van der Waals surface area contributed by atoms with Gasteiger partial charge in [-0.3, -0.25) is 14.6 Å². The Labute approximate surface area is 148 Å². The van der Waals surface area contributed by atoms with Crippen molar-refractivity contribution in [3.8, 4) is 5.95 Å². The minimum absolute atomic E-state index is 0.0366. The Morgan fingerprint density at radius 2 is 2.23 bits per heavy atom. The molecule has 1 aliphatic heterocycles. The van der Waals surface area contributed by atoms with Gasteiger partial charge in [0.2, 0.25) is 5.95 Å². The first-order valence-corrected chi connectivity index (χ1v) is 8.51. The lowest BCUT2D eigenvalue weighted by Crippen LogP contribution is -2.44. The van der Waals surface area contributed by atoms with E-state index in [2.05, 4.69) is 15.2 Å². The fourth-order valence-electron chi connectivity index (χ4n) is 3.24. The van der Waals surface area contributed by atoms with Crippen molar-refractivity contribution in [2.24, 2.45) is 5.92 Å². The van der Waals surface area contributed by atoms with E-state index in [4.69, 9.17) is 0 Å². The number of amides is 1. The molecule has 0 spiro atoms. The van der Waals surface area contributed by atoms with Crippen LogP contribution in [-0.2, 0) is 0 Å². The van der Waals surface area contributed by atoms with Gasteiger partial charge < -0.3 is 4.90 Å². The fraction of sp³-hybridized carbons (Fsp3) is 0.412. The van der Waals surface area contributed by atoms with Crippen molar-refractivity contribution in [1.82, 2.24) is 29.3 Å². The second-order valence-corrected chi connectivity index (χ2v) is 6.70. The van der Waals surface area contributed by atoms with E-state index in [1.54, 1.807) is 25.3 Å². The maximum absolute atomic E-state index is 14.0. The number of piperidine rings is 1. The molecule has 136 valence electrons. The topological polar surface area (TPSA) is 88.3 Å². The van der Waals surface area contributed by atoms with Gasteiger partial charge in [-0.05, 0) is 31.4 Å². The molecule has 26 heavy (non-hydrogen) atoms. The van der Waals surface area contributed by atoms with Gasteiger partial charge >= 0.3 is 0 Å². The summed E-state index contributed by atoms with van der Waals surface area (Å²) in [6.45, 7) is 4.19. The molecule has 3 aromatic heterocycles. The van der Waals surface area contributed by atoms with Crippen molar-refractivity contribution in [3.63, 3.8) is 0 Å². The molecule has 9 heteroatoms. The van der Waals surface area contributed by atoms with E-state index in [1.165, 1.54) is 20.3 Å². The maximum atomic E-state index is 14.0. The summed E-state index contributed by atoms with van der Waals surface area (Å²) in [4.78, 5) is 29.1. The number of hydrogen-bond acceptors (Lipinski definition) is 4. The van der Waals surface area contributed by atoms with Gasteiger partial charge in [-0.25, -0.2) is 13.6 Å². The summed E-state index contributed by atoms with van der Waals surface area (Å²) in [6.07, 6.45) is 2.72. The van der Waals surface area contributed by atoms with Crippen molar-refractivity contribution in [1.29, 1.82) is 0 Å². The van der Waals surface area contributed by atoms with Crippen LogP contribution in [0.4, 0.5) is 4.39 Å². The number of fused-ring (bicyclic) bond motifs is 1. The van der Waals surface area contributed by atoms with E-state index in [0.717, 1.165) is 0 Å². The van der Waals surface area contributed by atoms with E-state index in [9.17, 15) is 14.0 Å². The van der Waals surface area contributed by atoms with Crippen LogP contribution in [0.3, 0.4) is 0 Å². The monoisotopic (exact) mass is 358 g/mol. The highest BCUT2D eigenvalue weighted by Crippen LogP contribution is 2.22. The smallest absolute Gasteiger partial charge is 0.276 e. The van der Waals surface area contributed by atoms with Crippen molar-refractivity contribution >= 4 is 11.4 Å². The number of H-pyrrole nitrogens is 1. The molecule has 8 nitrogen and oxygen atoms in total. The highest BCUT2D eigenvalue weighted by atomic mass is 19.1. The first-order valence-electron chi connectivity index (χ1n) is 8.51. The zero-order valence-corrected chi connectivity index (χ0v) is 14.5. The van der Waals surface area contributed by atoms with Crippen LogP contribution >= 0.6 is 0 Å². The van der Waals surface area contributed by atoms with Crippen LogP contribution in [0.5, 0.6) is 0 Å². The number of halogens is 1.